The molecule has 0 fully saturated rings. The third kappa shape index (κ3) is 2.61. The number of ether oxygens (including phenoxy) is 1. The van der Waals surface area contributed by atoms with Gasteiger partial charge in [-0.1, -0.05) is 17.7 Å². The van der Waals surface area contributed by atoms with E-state index in [-0.39, 0.29) is 0 Å². The van der Waals surface area contributed by atoms with Gasteiger partial charge in [0, 0.05) is 12.3 Å². The molecule has 0 aliphatic rings. The van der Waals surface area contributed by atoms with Crippen LogP contribution >= 0.6 is 0 Å². The van der Waals surface area contributed by atoms with Crippen LogP contribution in [0.1, 0.15) is 16.7 Å². The van der Waals surface area contributed by atoms with Gasteiger partial charge in [0.25, 0.3) is 0 Å². The molecule has 0 saturated carbocycles. The maximum absolute atomic E-state index is 8.66. The van der Waals surface area contributed by atoms with Crippen LogP contribution < -0.4 is 4.74 Å². The van der Waals surface area contributed by atoms with Gasteiger partial charge in [0.15, 0.2) is 0 Å². The van der Waals surface area contributed by atoms with Crippen molar-refractivity contribution < 1.29 is 4.74 Å². The summed E-state index contributed by atoms with van der Waals surface area (Å²) >= 11 is 0. The molecule has 84 valence electrons. The molecule has 0 N–H and O–H groups in total. The quantitative estimate of drug-likeness (QED) is 0.785. The molecule has 2 rings (SSSR count). The van der Waals surface area contributed by atoms with Crippen molar-refractivity contribution in [3.05, 3.63) is 53.2 Å². The van der Waals surface area contributed by atoms with E-state index in [4.69, 9.17) is 10.00 Å². The van der Waals surface area contributed by atoms with Gasteiger partial charge in [0.2, 0.25) is 5.88 Å². The van der Waals surface area contributed by atoms with Gasteiger partial charge in [-0.15, -0.1) is 0 Å². The van der Waals surface area contributed by atoms with E-state index in [2.05, 4.69) is 11.1 Å². The van der Waals surface area contributed by atoms with Gasteiger partial charge in [-0.3, -0.25) is 0 Å². The lowest BCUT2D eigenvalue weighted by Gasteiger charge is -2.08. The molecule has 0 aliphatic heterocycles. The molecule has 1 heterocycles. The summed E-state index contributed by atoms with van der Waals surface area (Å²) in [7, 11) is 0. The molecule has 0 unspecified atom stereocenters. The lowest BCUT2D eigenvalue weighted by Crippen LogP contribution is -1.91. The fraction of sp³-hybridized carbons (Fsp3) is 0.143. The number of hydrogen-bond acceptors (Lipinski definition) is 3. The Hall–Kier alpha value is -2.34. The van der Waals surface area contributed by atoms with Gasteiger partial charge >= 0.3 is 0 Å². The van der Waals surface area contributed by atoms with Crippen LogP contribution in [-0.4, -0.2) is 4.98 Å². The topological polar surface area (TPSA) is 45.9 Å². The van der Waals surface area contributed by atoms with Crippen LogP contribution in [0.25, 0.3) is 0 Å². The number of benzene rings is 1. The van der Waals surface area contributed by atoms with Crippen LogP contribution in [0, 0.1) is 25.2 Å². The number of nitriles is 1. The third-order valence-corrected chi connectivity index (χ3v) is 2.41. The summed E-state index contributed by atoms with van der Waals surface area (Å²) < 4.78 is 5.64. The van der Waals surface area contributed by atoms with E-state index in [9.17, 15) is 0 Å². The molecule has 0 amide bonds. The summed E-state index contributed by atoms with van der Waals surface area (Å²) in [5.41, 5.74) is 2.79. The lowest BCUT2D eigenvalue weighted by atomic mass is 10.1. The summed E-state index contributed by atoms with van der Waals surface area (Å²) in [5.74, 6) is 1.28. The van der Waals surface area contributed by atoms with Crippen molar-refractivity contribution in [2.75, 3.05) is 0 Å². The molecule has 1 aromatic heterocycles. The summed E-state index contributed by atoms with van der Waals surface area (Å²) in [6.07, 6.45) is 1.50. The third-order valence-electron chi connectivity index (χ3n) is 2.41. The first-order valence-electron chi connectivity index (χ1n) is 5.30. The molecule has 17 heavy (non-hydrogen) atoms. The van der Waals surface area contributed by atoms with Gasteiger partial charge in [0.05, 0.1) is 5.56 Å². The minimum atomic E-state index is 0.496. The average Bonchev–Trinajstić information content (AvgIpc) is 2.34. The zero-order valence-electron chi connectivity index (χ0n) is 9.77. The molecular formula is C14H12N2O. The van der Waals surface area contributed by atoms with Crippen LogP contribution in [0.5, 0.6) is 11.6 Å². The number of pyridine rings is 1. The second-order valence-electron chi connectivity index (χ2n) is 3.87. The van der Waals surface area contributed by atoms with Crippen molar-refractivity contribution >= 4 is 0 Å². The van der Waals surface area contributed by atoms with Crippen molar-refractivity contribution in [1.82, 2.24) is 4.98 Å². The van der Waals surface area contributed by atoms with Gasteiger partial charge in [0.1, 0.15) is 11.8 Å². The summed E-state index contributed by atoms with van der Waals surface area (Å²) in [4.78, 5) is 4.06. The zero-order chi connectivity index (χ0) is 12.3. The van der Waals surface area contributed by atoms with E-state index in [1.54, 1.807) is 12.1 Å². The number of hydrogen-bond donors (Lipinski definition) is 0. The summed E-state index contributed by atoms with van der Waals surface area (Å²) in [6, 6.07) is 11.4. The highest BCUT2D eigenvalue weighted by Gasteiger charge is 2.02. The fourth-order valence-electron chi connectivity index (χ4n) is 1.53. The van der Waals surface area contributed by atoms with Crippen molar-refractivity contribution in [2.45, 2.75) is 13.8 Å². The second-order valence-corrected chi connectivity index (χ2v) is 3.87. The Morgan fingerprint density at radius 2 is 2.00 bits per heavy atom. The summed E-state index contributed by atoms with van der Waals surface area (Å²) in [6.45, 7) is 4.03. The number of rotatable bonds is 2. The lowest BCUT2D eigenvalue weighted by molar-refractivity contribution is 0.459. The first kappa shape index (κ1) is 11.2. The number of aryl methyl sites for hydroxylation is 2. The molecule has 0 aliphatic carbocycles. The molecule has 1 aromatic carbocycles. The van der Waals surface area contributed by atoms with E-state index in [1.807, 2.05) is 32.0 Å². The minimum Gasteiger partial charge on any atom is -0.439 e. The van der Waals surface area contributed by atoms with E-state index < -0.39 is 0 Å². The van der Waals surface area contributed by atoms with Crippen LogP contribution in [0.2, 0.25) is 0 Å². The molecule has 0 bridgehead atoms. The minimum absolute atomic E-state index is 0.496. The standard InChI is InChI=1S/C14H12N2O/c1-10-3-5-13(11(2)7-10)17-14-6-4-12(8-15)9-16-14/h3-7,9H,1-2H3. The molecule has 0 spiro atoms. The highest BCUT2D eigenvalue weighted by atomic mass is 16.5. The number of nitrogens with zero attached hydrogens (tertiary/aromatic N) is 2. The first-order chi connectivity index (χ1) is 8.19. The predicted octanol–water partition coefficient (Wildman–Crippen LogP) is 3.36. The van der Waals surface area contributed by atoms with Crippen LogP contribution in [0.15, 0.2) is 36.5 Å². The Labute approximate surface area is 100 Å². The Bertz CT molecular complexity index is 568. The highest BCUT2D eigenvalue weighted by Crippen LogP contribution is 2.24. The summed E-state index contributed by atoms with van der Waals surface area (Å²) in [5, 5.41) is 8.66. The van der Waals surface area contributed by atoms with Gasteiger partial charge in [-0.05, 0) is 31.5 Å². The van der Waals surface area contributed by atoms with Crippen molar-refractivity contribution in [2.24, 2.45) is 0 Å². The Morgan fingerprint density at radius 1 is 1.18 bits per heavy atom. The largest absolute Gasteiger partial charge is 0.439 e. The second kappa shape index (κ2) is 4.67. The van der Waals surface area contributed by atoms with E-state index in [0.717, 1.165) is 11.3 Å². The van der Waals surface area contributed by atoms with Gasteiger partial charge in [-0.25, -0.2) is 4.98 Å². The molecule has 0 atom stereocenters. The Balaban J connectivity index is 2.23. The molecule has 0 radical (unpaired) electrons. The fourth-order valence-corrected chi connectivity index (χ4v) is 1.53. The van der Waals surface area contributed by atoms with Crippen LogP contribution in [0.4, 0.5) is 0 Å². The SMILES string of the molecule is Cc1ccc(Oc2ccc(C#N)cn2)c(C)c1. The Morgan fingerprint density at radius 3 is 2.59 bits per heavy atom. The van der Waals surface area contributed by atoms with E-state index >= 15 is 0 Å². The molecular weight excluding hydrogens is 212 g/mol. The van der Waals surface area contributed by atoms with Gasteiger partial charge < -0.3 is 4.74 Å². The molecule has 3 heteroatoms. The predicted molar refractivity (Wildman–Crippen MR) is 64.9 cm³/mol. The van der Waals surface area contributed by atoms with Crippen molar-refractivity contribution in [3.8, 4) is 17.7 Å². The number of aromatic nitrogens is 1. The first-order valence-corrected chi connectivity index (χ1v) is 5.30. The van der Waals surface area contributed by atoms with E-state index in [0.29, 0.717) is 11.4 Å². The maximum atomic E-state index is 8.66. The highest BCUT2D eigenvalue weighted by molar-refractivity contribution is 5.38. The molecule has 3 nitrogen and oxygen atoms in total. The Kier molecular flexibility index (Phi) is 3.06. The van der Waals surface area contributed by atoms with E-state index in [1.165, 1.54) is 11.8 Å². The molecule has 0 saturated heterocycles. The van der Waals surface area contributed by atoms with Crippen molar-refractivity contribution in [1.29, 1.82) is 5.26 Å². The van der Waals surface area contributed by atoms with Crippen molar-refractivity contribution in [3.63, 3.8) is 0 Å². The smallest absolute Gasteiger partial charge is 0.219 e. The zero-order valence-corrected chi connectivity index (χ0v) is 9.77. The van der Waals surface area contributed by atoms with Gasteiger partial charge in [-0.2, -0.15) is 5.26 Å². The molecule has 2 aromatic rings. The normalized spacial score (nSPS) is 9.71. The van der Waals surface area contributed by atoms with Crippen LogP contribution in [0.3, 0.4) is 0 Å². The monoisotopic (exact) mass is 224 g/mol. The maximum Gasteiger partial charge on any atom is 0.219 e. The van der Waals surface area contributed by atoms with Crippen LogP contribution in [-0.2, 0) is 0 Å². The average molecular weight is 224 g/mol.